The van der Waals surface area contributed by atoms with Crippen molar-refractivity contribution in [3.8, 4) is 0 Å². The summed E-state index contributed by atoms with van der Waals surface area (Å²) in [6.07, 6.45) is 6.41. The van der Waals surface area contributed by atoms with Crippen molar-refractivity contribution in [2.45, 2.75) is 51.6 Å². The van der Waals surface area contributed by atoms with Crippen LogP contribution in [0.1, 0.15) is 44.6 Å². The maximum Gasteiger partial charge on any atom is 0.146 e. The molecule has 2 unspecified atom stereocenters. The predicted molar refractivity (Wildman–Crippen MR) is 81.5 cm³/mol. The molecule has 1 saturated heterocycles. The molecule has 2 nitrogen and oxygen atoms in total. The molecule has 3 rings (SSSR count). The van der Waals surface area contributed by atoms with Crippen LogP contribution in [0, 0.1) is 11.7 Å². The Morgan fingerprint density at radius 2 is 2.10 bits per heavy atom. The van der Waals surface area contributed by atoms with E-state index in [2.05, 4.69) is 23.2 Å². The quantitative estimate of drug-likeness (QED) is 0.902. The Labute approximate surface area is 121 Å². The summed E-state index contributed by atoms with van der Waals surface area (Å²) in [7, 11) is 0. The van der Waals surface area contributed by atoms with E-state index in [1.807, 2.05) is 6.07 Å². The highest BCUT2D eigenvalue weighted by Crippen LogP contribution is 2.40. The van der Waals surface area contributed by atoms with Gasteiger partial charge in [-0.3, -0.25) is 0 Å². The number of nitrogens with zero attached hydrogens (tertiary/aromatic N) is 1. The Morgan fingerprint density at radius 3 is 2.95 bits per heavy atom. The van der Waals surface area contributed by atoms with Crippen molar-refractivity contribution in [2.24, 2.45) is 5.92 Å². The van der Waals surface area contributed by atoms with E-state index in [-0.39, 0.29) is 5.82 Å². The molecule has 2 aliphatic rings. The lowest BCUT2D eigenvalue weighted by Gasteiger charge is -2.40. The lowest BCUT2D eigenvalue weighted by atomic mass is 9.91. The Bertz CT molecular complexity index is 460. The molecular weight excluding hydrogens is 251 g/mol. The maximum absolute atomic E-state index is 14.4. The van der Waals surface area contributed by atoms with Crippen LogP contribution >= 0.6 is 0 Å². The second-order valence-electron chi connectivity index (χ2n) is 6.12. The summed E-state index contributed by atoms with van der Waals surface area (Å²) < 4.78 is 14.4. The first kappa shape index (κ1) is 13.9. The number of hydrogen-bond acceptors (Lipinski definition) is 2. The SMILES string of the molecule is CCNCc1cccc(F)c1N1CCCC2CCCC21. The molecule has 20 heavy (non-hydrogen) atoms. The van der Waals surface area contributed by atoms with Crippen LogP contribution in [0.25, 0.3) is 0 Å². The molecule has 1 N–H and O–H groups in total. The molecule has 2 fully saturated rings. The fraction of sp³-hybridized carbons (Fsp3) is 0.647. The smallest absolute Gasteiger partial charge is 0.146 e. The molecule has 1 aromatic rings. The number of anilines is 1. The summed E-state index contributed by atoms with van der Waals surface area (Å²) in [5.74, 6) is 0.739. The standard InChI is InChI=1S/C17H25FN2/c1-2-19-12-14-7-3-9-15(18)17(14)20-11-5-8-13-6-4-10-16(13)20/h3,7,9,13,16,19H,2,4-6,8,10-12H2,1H3. The molecule has 0 bridgehead atoms. The van der Waals surface area contributed by atoms with Crippen molar-refractivity contribution < 1.29 is 4.39 Å². The number of rotatable bonds is 4. The lowest BCUT2D eigenvalue weighted by molar-refractivity contribution is 0.358. The van der Waals surface area contributed by atoms with E-state index < -0.39 is 0 Å². The molecule has 0 amide bonds. The Morgan fingerprint density at radius 1 is 1.25 bits per heavy atom. The fourth-order valence-corrected chi connectivity index (χ4v) is 4.02. The van der Waals surface area contributed by atoms with E-state index in [1.165, 1.54) is 32.1 Å². The minimum atomic E-state index is -0.0482. The van der Waals surface area contributed by atoms with Gasteiger partial charge in [0.1, 0.15) is 5.82 Å². The second kappa shape index (κ2) is 6.13. The minimum absolute atomic E-state index is 0.0482. The third-order valence-corrected chi connectivity index (χ3v) is 4.92. The summed E-state index contributed by atoms with van der Waals surface area (Å²) >= 11 is 0. The van der Waals surface area contributed by atoms with Crippen molar-refractivity contribution in [3.63, 3.8) is 0 Å². The monoisotopic (exact) mass is 276 g/mol. The molecule has 3 heteroatoms. The van der Waals surface area contributed by atoms with Gasteiger partial charge in [-0.25, -0.2) is 4.39 Å². The van der Waals surface area contributed by atoms with Crippen molar-refractivity contribution in [1.29, 1.82) is 0 Å². The zero-order valence-electron chi connectivity index (χ0n) is 12.4. The van der Waals surface area contributed by atoms with Crippen LogP contribution in [-0.2, 0) is 6.54 Å². The molecule has 2 atom stereocenters. The predicted octanol–water partition coefficient (Wildman–Crippen LogP) is 3.70. The first-order valence-corrected chi connectivity index (χ1v) is 8.06. The number of halogens is 1. The average Bonchev–Trinajstić information content (AvgIpc) is 2.94. The number of para-hydroxylation sites is 1. The van der Waals surface area contributed by atoms with Gasteiger partial charge < -0.3 is 10.2 Å². The first-order chi connectivity index (χ1) is 9.81. The summed E-state index contributed by atoms with van der Waals surface area (Å²) in [5.41, 5.74) is 1.98. The van der Waals surface area contributed by atoms with Gasteiger partial charge in [-0.15, -0.1) is 0 Å². The lowest BCUT2D eigenvalue weighted by Crippen LogP contribution is -2.43. The number of benzene rings is 1. The van der Waals surface area contributed by atoms with Gasteiger partial charge >= 0.3 is 0 Å². The molecule has 0 spiro atoms. The van der Waals surface area contributed by atoms with E-state index in [0.29, 0.717) is 6.04 Å². The number of fused-ring (bicyclic) bond motifs is 1. The van der Waals surface area contributed by atoms with Crippen LogP contribution in [0.15, 0.2) is 18.2 Å². The van der Waals surface area contributed by atoms with Gasteiger partial charge in [-0.05, 0) is 49.8 Å². The zero-order chi connectivity index (χ0) is 13.9. The van der Waals surface area contributed by atoms with Crippen LogP contribution in [-0.4, -0.2) is 19.1 Å². The topological polar surface area (TPSA) is 15.3 Å². The van der Waals surface area contributed by atoms with Crippen LogP contribution in [0.2, 0.25) is 0 Å². The van der Waals surface area contributed by atoms with Gasteiger partial charge in [-0.1, -0.05) is 25.5 Å². The highest BCUT2D eigenvalue weighted by atomic mass is 19.1. The largest absolute Gasteiger partial charge is 0.366 e. The molecular formula is C17H25FN2. The van der Waals surface area contributed by atoms with Crippen LogP contribution < -0.4 is 10.2 Å². The number of nitrogens with one attached hydrogen (secondary N) is 1. The fourth-order valence-electron chi connectivity index (χ4n) is 4.02. The Balaban J connectivity index is 1.91. The highest BCUT2D eigenvalue weighted by Gasteiger charge is 2.36. The average molecular weight is 276 g/mol. The van der Waals surface area contributed by atoms with Crippen molar-refractivity contribution in [1.82, 2.24) is 5.32 Å². The Kier molecular flexibility index (Phi) is 4.25. The Hall–Kier alpha value is -1.09. The van der Waals surface area contributed by atoms with E-state index in [9.17, 15) is 4.39 Å². The van der Waals surface area contributed by atoms with Gasteiger partial charge in [0.25, 0.3) is 0 Å². The molecule has 0 aromatic heterocycles. The summed E-state index contributed by atoms with van der Waals surface area (Å²) in [6, 6.07) is 6.09. The number of piperidine rings is 1. The van der Waals surface area contributed by atoms with Gasteiger partial charge in [0.2, 0.25) is 0 Å². The van der Waals surface area contributed by atoms with Crippen LogP contribution in [0.3, 0.4) is 0 Å². The van der Waals surface area contributed by atoms with Gasteiger partial charge in [-0.2, -0.15) is 0 Å². The molecule has 110 valence electrons. The van der Waals surface area contributed by atoms with Crippen molar-refractivity contribution >= 4 is 5.69 Å². The molecule has 1 aliphatic carbocycles. The molecule has 0 radical (unpaired) electrons. The summed E-state index contributed by atoms with van der Waals surface area (Å²) in [6.45, 7) is 4.79. The van der Waals surface area contributed by atoms with E-state index in [1.54, 1.807) is 6.07 Å². The summed E-state index contributed by atoms with van der Waals surface area (Å²) in [4.78, 5) is 2.38. The second-order valence-corrected chi connectivity index (χ2v) is 6.12. The molecule has 1 aromatic carbocycles. The van der Waals surface area contributed by atoms with E-state index in [0.717, 1.165) is 36.8 Å². The molecule has 1 aliphatic heterocycles. The van der Waals surface area contributed by atoms with Crippen molar-refractivity contribution in [3.05, 3.63) is 29.6 Å². The first-order valence-electron chi connectivity index (χ1n) is 8.06. The highest BCUT2D eigenvalue weighted by molar-refractivity contribution is 5.56. The third-order valence-electron chi connectivity index (χ3n) is 4.92. The van der Waals surface area contributed by atoms with E-state index in [4.69, 9.17) is 0 Å². The van der Waals surface area contributed by atoms with Gasteiger partial charge in [0.05, 0.1) is 5.69 Å². The minimum Gasteiger partial charge on any atom is -0.366 e. The van der Waals surface area contributed by atoms with Crippen molar-refractivity contribution in [2.75, 3.05) is 18.0 Å². The summed E-state index contributed by atoms with van der Waals surface area (Å²) in [5, 5.41) is 3.34. The third kappa shape index (κ3) is 2.56. The molecule has 1 saturated carbocycles. The molecule has 1 heterocycles. The van der Waals surface area contributed by atoms with Crippen LogP contribution in [0.4, 0.5) is 10.1 Å². The van der Waals surface area contributed by atoms with Crippen LogP contribution in [0.5, 0.6) is 0 Å². The zero-order valence-corrected chi connectivity index (χ0v) is 12.4. The number of hydrogen-bond donors (Lipinski definition) is 1. The van der Waals surface area contributed by atoms with E-state index >= 15 is 0 Å². The van der Waals surface area contributed by atoms with Gasteiger partial charge in [0.15, 0.2) is 0 Å². The normalized spacial score (nSPS) is 25.8. The van der Waals surface area contributed by atoms with Gasteiger partial charge in [0, 0.05) is 19.1 Å². The maximum atomic E-state index is 14.4.